The van der Waals surface area contributed by atoms with Crippen molar-refractivity contribution in [2.75, 3.05) is 25.6 Å². The highest BCUT2D eigenvalue weighted by Gasteiger charge is 2.29. The number of benzene rings is 3. The summed E-state index contributed by atoms with van der Waals surface area (Å²) in [7, 11) is 1.35. The van der Waals surface area contributed by atoms with Gasteiger partial charge in [-0.2, -0.15) is 0 Å². The van der Waals surface area contributed by atoms with E-state index in [-0.39, 0.29) is 24.7 Å². The molecule has 9 heteroatoms. The van der Waals surface area contributed by atoms with Crippen LogP contribution in [0.2, 0.25) is 0 Å². The minimum Gasteiger partial charge on any atom is -0.480 e. The van der Waals surface area contributed by atoms with Gasteiger partial charge < -0.3 is 19.9 Å². The average Bonchev–Trinajstić information content (AvgIpc) is 3.15. The van der Waals surface area contributed by atoms with Crippen LogP contribution in [-0.2, 0) is 14.3 Å². The summed E-state index contributed by atoms with van der Waals surface area (Å²) in [5, 5.41) is 14.3. The lowest BCUT2D eigenvalue weighted by Gasteiger charge is -2.16. The molecule has 3 aromatic carbocycles. The summed E-state index contributed by atoms with van der Waals surface area (Å²) in [6, 6.07) is 19.7. The van der Waals surface area contributed by atoms with Gasteiger partial charge in [0, 0.05) is 27.8 Å². The van der Waals surface area contributed by atoms with Gasteiger partial charge in [0.15, 0.2) is 6.04 Å². The van der Waals surface area contributed by atoms with E-state index in [9.17, 15) is 19.5 Å². The fourth-order valence-corrected chi connectivity index (χ4v) is 4.80. The number of methoxy groups -OCH3 is 1. The molecule has 35 heavy (non-hydrogen) atoms. The molecule has 0 saturated heterocycles. The van der Waals surface area contributed by atoms with E-state index in [2.05, 4.69) is 22.8 Å². The number of amides is 2. The van der Waals surface area contributed by atoms with Crippen molar-refractivity contribution >= 4 is 46.2 Å². The molecule has 3 N–H and O–H groups in total. The Balaban J connectivity index is 1.43. The van der Waals surface area contributed by atoms with Crippen LogP contribution in [-0.4, -0.2) is 49.4 Å². The Morgan fingerprint density at radius 2 is 1.63 bits per heavy atom. The number of rotatable bonds is 8. The van der Waals surface area contributed by atoms with Crippen LogP contribution >= 0.6 is 22.6 Å². The smallest absolute Gasteiger partial charge is 0.411 e. The summed E-state index contributed by atoms with van der Waals surface area (Å²) in [6.45, 7) is -0.00963. The summed E-state index contributed by atoms with van der Waals surface area (Å²) in [6.07, 6.45) is -0.650. The van der Waals surface area contributed by atoms with E-state index in [0.717, 1.165) is 22.3 Å². The Bertz CT molecular complexity index is 1230. The van der Waals surface area contributed by atoms with Crippen LogP contribution in [0.25, 0.3) is 11.1 Å². The van der Waals surface area contributed by atoms with Crippen molar-refractivity contribution < 1.29 is 29.0 Å². The van der Waals surface area contributed by atoms with Crippen LogP contribution in [0, 0.1) is 3.57 Å². The molecule has 0 saturated carbocycles. The zero-order valence-corrected chi connectivity index (χ0v) is 20.9. The molecule has 180 valence electrons. The number of carboxylic acid groups (broad SMARTS) is 1. The molecule has 1 atom stereocenters. The lowest BCUT2D eigenvalue weighted by molar-refractivity contribution is -0.140. The first-order valence-corrected chi connectivity index (χ1v) is 11.9. The number of fused-ring (bicyclic) bond motifs is 3. The van der Waals surface area contributed by atoms with Gasteiger partial charge in [0.25, 0.3) is 5.91 Å². The molecule has 0 fully saturated rings. The second-order valence-corrected chi connectivity index (χ2v) is 9.24. The van der Waals surface area contributed by atoms with Crippen molar-refractivity contribution in [2.45, 2.75) is 12.0 Å². The first kappa shape index (κ1) is 24.7. The van der Waals surface area contributed by atoms with Gasteiger partial charge in [-0.05, 0) is 63.0 Å². The minimum absolute atomic E-state index is 0.0702. The fraction of sp³-hybridized carbons (Fsp3) is 0.192. The van der Waals surface area contributed by atoms with E-state index in [1.165, 1.54) is 13.2 Å². The van der Waals surface area contributed by atoms with Gasteiger partial charge in [-0.1, -0.05) is 48.5 Å². The Labute approximate surface area is 215 Å². The molecule has 3 aromatic rings. The molecule has 0 aliphatic heterocycles. The van der Waals surface area contributed by atoms with Gasteiger partial charge in [-0.25, -0.2) is 9.59 Å². The molecule has 0 bridgehead atoms. The van der Waals surface area contributed by atoms with Gasteiger partial charge >= 0.3 is 12.1 Å². The van der Waals surface area contributed by atoms with E-state index in [4.69, 9.17) is 9.47 Å². The molecule has 0 heterocycles. The number of anilines is 1. The Kier molecular flexibility index (Phi) is 7.67. The van der Waals surface area contributed by atoms with Crippen molar-refractivity contribution in [3.8, 4) is 11.1 Å². The van der Waals surface area contributed by atoms with Crippen molar-refractivity contribution in [2.24, 2.45) is 0 Å². The van der Waals surface area contributed by atoms with Gasteiger partial charge in [0.2, 0.25) is 0 Å². The number of carbonyl (C=O) groups is 3. The first-order valence-electron chi connectivity index (χ1n) is 10.8. The number of carbonyl (C=O) groups excluding carboxylic acids is 2. The SMILES string of the molecule is COC[C@H](NC(=O)c1cc(I)cc(NC(=O)OCC2c3ccccc3-c3ccccc32)c1)C(=O)O. The fourth-order valence-electron chi connectivity index (χ4n) is 4.13. The molecule has 0 radical (unpaired) electrons. The van der Waals surface area contributed by atoms with E-state index in [0.29, 0.717) is 9.26 Å². The summed E-state index contributed by atoms with van der Waals surface area (Å²) in [5.74, 6) is -1.87. The predicted octanol–water partition coefficient (Wildman–Crippen LogP) is 4.48. The monoisotopic (exact) mass is 586 g/mol. The van der Waals surface area contributed by atoms with E-state index in [1.807, 2.05) is 59.0 Å². The number of ether oxygens (including phenoxy) is 2. The third-order valence-electron chi connectivity index (χ3n) is 5.69. The highest BCUT2D eigenvalue weighted by Crippen LogP contribution is 2.44. The average molecular weight is 586 g/mol. The number of nitrogens with one attached hydrogen (secondary N) is 2. The largest absolute Gasteiger partial charge is 0.480 e. The maximum atomic E-state index is 12.6. The van der Waals surface area contributed by atoms with Gasteiger partial charge in [0.05, 0.1) is 6.61 Å². The van der Waals surface area contributed by atoms with Crippen LogP contribution < -0.4 is 10.6 Å². The molecule has 2 amide bonds. The minimum atomic E-state index is -1.21. The summed E-state index contributed by atoms with van der Waals surface area (Å²) < 4.78 is 11.1. The van der Waals surface area contributed by atoms with Crippen molar-refractivity contribution in [1.82, 2.24) is 5.32 Å². The topological polar surface area (TPSA) is 114 Å². The van der Waals surface area contributed by atoms with Crippen LogP contribution in [0.1, 0.15) is 27.4 Å². The molecule has 0 unspecified atom stereocenters. The van der Waals surface area contributed by atoms with Crippen LogP contribution in [0.3, 0.4) is 0 Å². The zero-order chi connectivity index (χ0) is 24.9. The third-order valence-corrected chi connectivity index (χ3v) is 6.31. The van der Waals surface area contributed by atoms with Crippen LogP contribution in [0.5, 0.6) is 0 Å². The molecule has 8 nitrogen and oxygen atoms in total. The van der Waals surface area contributed by atoms with Crippen molar-refractivity contribution in [1.29, 1.82) is 0 Å². The lowest BCUT2D eigenvalue weighted by Crippen LogP contribution is -2.43. The van der Waals surface area contributed by atoms with E-state index < -0.39 is 24.0 Å². The normalized spacial score (nSPS) is 12.9. The van der Waals surface area contributed by atoms with Crippen molar-refractivity contribution in [3.63, 3.8) is 0 Å². The lowest BCUT2D eigenvalue weighted by atomic mass is 9.98. The van der Waals surface area contributed by atoms with Gasteiger partial charge in [-0.15, -0.1) is 0 Å². The molecule has 0 spiro atoms. The highest BCUT2D eigenvalue weighted by atomic mass is 127. The maximum absolute atomic E-state index is 12.6. The second-order valence-electron chi connectivity index (χ2n) is 8.00. The van der Waals surface area contributed by atoms with Crippen LogP contribution in [0.4, 0.5) is 10.5 Å². The zero-order valence-electron chi connectivity index (χ0n) is 18.8. The number of hydrogen-bond acceptors (Lipinski definition) is 5. The Morgan fingerprint density at radius 3 is 2.23 bits per heavy atom. The predicted molar refractivity (Wildman–Crippen MR) is 139 cm³/mol. The second kappa shape index (κ2) is 10.9. The molecule has 1 aliphatic rings. The quantitative estimate of drug-likeness (QED) is 0.336. The number of aliphatic carboxylic acids is 1. The summed E-state index contributed by atoms with van der Waals surface area (Å²) in [4.78, 5) is 36.5. The highest BCUT2D eigenvalue weighted by molar-refractivity contribution is 14.1. The van der Waals surface area contributed by atoms with Crippen molar-refractivity contribution in [3.05, 3.63) is 87.0 Å². The van der Waals surface area contributed by atoms with Crippen LogP contribution in [0.15, 0.2) is 66.7 Å². The molecule has 4 rings (SSSR count). The Morgan fingerprint density at radius 1 is 1.00 bits per heavy atom. The molecule has 1 aliphatic carbocycles. The number of carboxylic acids is 1. The number of hydrogen-bond donors (Lipinski definition) is 3. The molecule has 0 aromatic heterocycles. The van der Waals surface area contributed by atoms with Gasteiger partial charge in [-0.3, -0.25) is 10.1 Å². The third kappa shape index (κ3) is 5.63. The maximum Gasteiger partial charge on any atom is 0.411 e. The van der Waals surface area contributed by atoms with Gasteiger partial charge in [0.1, 0.15) is 6.61 Å². The molecular weight excluding hydrogens is 563 g/mol. The number of halogens is 1. The first-order chi connectivity index (χ1) is 16.9. The van der Waals surface area contributed by atoms with E-state index >= 15 is 0 Å². The van der Waals surface area contributed by atoms with E-state index in [1.54, 1.807) is 12.1 Å². The summed E-state index contributed by atoms with van der Waals surface area (Å²) in [5.41, 5.74) is 5.06. The Hall–Kier alpha value is -3.44. The standard InChI is InChI=1S/C26H23IN2O6/c1-34-14-23(25(31)32)29-24(30)15-10-16(27)12-17(11-15)28-26(33)35-13-22-20-8-4-2-6-18(20)19-7-3-5-9-21(19)22/h2-12,22-23H,13-14H2,1H3,(H,28,33)(H,29,30)(H,31,32)/t23-/m0/s1. The summed E-state index contributed by atoms with van der Waals surface area (Å²) >= 11 is 2.01. The molecular formula is C26H23IN2O6.